The van der Waals surface area contributed by atoms with Crippen LogP contribution in [-0.4, -0.2) is 24.6 Å². The highest BCUT2D eigenvalue weighted by Crippen LogP contribution is 2.68. The molecule has 4 aliphatic rings. The summed E-state index contributed by atoms with van der Waals surface area (Å²) in [5, 5.41) is 10.1. The molecule has 4 fully saturated rings. The van der Waals surface area contributed by atoms with Gasteiger partial charge >= 0.3 is 0 Å². The molecule has 0 spiro atoms. The number of aliphatic hydroxyl groups is 1. The third-order valence-electron chi connectivity index (χ3n) is 8.91. The third-order valence-corrected chi connectivity index (χ3v) is 8.91. The largest absolute Gasteiger partial charge is 0.393 e. The molecule has 122 valence electrons. The fraction of sp³-hybridized carbons (Fsp3) is 1.00. The maximum absolute atomic E-state index is 10.1. The van der Waals surface area contributed by atoms with E-state index in [-0.39, 0.29) is 17.1 Å². The lowest BCUT2D eigenvalue weighted by Gasteiger charge is -2.65. The normalized spacial score (nSPS) is 61.2. The Bertz CT molecular complexity index is 470. The van der Waals surface area contributed by atoms with Crippen molar-refractivity contribution in [2.24, 2.45) is 34.3 Å². The zero-order chi connectivity index (χ0) is 15.8. The SMILES string of the molecule is [B]C1CCC2C1(C)CCC1C3(C)CCC(O)CC3CCC21N. The molecule has 0 saturated heterocycles. The zero-order valence-electron chi connectivity index (χ0n) is 14.4. The van der Waals surface area contributed by atoms with Gasteiger partial charge in [-0.25, -0.2) is 0 Å². The predicted octanol–water partition coefficient (Wildman–Crippen LogP) is 3.43. The molecule has 4 saturated carbocycles. The van der Waals surface area contributed by atoms with Gasteiger partial charge in [-0.3, -0.25) is 0 Å². The summed E-state index contributed by atoms with van der Waals surface area (Å²) in [6.07, 6.45) is 10.3. The van der Waals surface area contributed by atoms with E-state index in [4.69, 9.17) is 13.6 Å². The van der Waals surface area contributed by atoms with Gasteiger partial charge in [0, 0.05) is 5.54 Å². The molecule has 8 atom stereocenters. The quantitative estimate of drug-likeness (QED) is 0.673. The zero-order valence-corrected chi connectivity index (χ0v) is 14.4. The third kappa shape index (κ3) is 1.82. The van der Waals surface area contributed by atoms with Gasteiger partial charge in [0.05, 0.1) is 14.0 Å². The van der Waals surface area contributed by atoms with Crippen LogP contribution in [0.2, 0.25) is 5.82 Å². The Kier molecular flexibility index (Phi) is 3.35. The van der Waals surface area contributed by atoms with Crippen LogP contribution in [0.5, 0.6) is 0 Å². The first-order chi connectivity index (χ1) is 10.3. The highest BCUT2D eigenvalue weighted by Gasteiger charge is 2.64. The second kappa shape index (κ2) is 4.75. The Labute approximate surface area is 137 Å². The molecule has 0 bridgehead atoms. The summed E-state index contributed by atoms with van der Waals surface area (Å²) in [7, 11) is 6.50. The molecule has 0 aliphatic heterocycles. The van der Waals surface area contributed by atoms with Gasteiger partial charge in [-0.1, -0.05) is 26.1 Å². The molecule has 22 heavy (non-hydrogen) atoms. The van der Waals surface area contributed by atoms with Crippen LogP contribution in [-0.2, 0) is 0 Å². The van der Waals surface area contributed by atoms with E-state index in [0.717, 1.165) is 32.1 Å². The van der Waals surface area contributed by atoms with Crippen molar-refractivity contribution < 1.29 is 5.11 Å². The first-order valence-electron chi connectivity index (χ1n) is 9.53. The lowest BCUT2D eigenvalue weighted by atomic mass is 9.41. The number of hydrogen-bond acceptors (Lipinski definition) is 2. The molecule has 0 amide bonds. The van der Waals surface area contributed by atoms with E-state index >= 15 is 0 Å². The lowest BCUT2D eigenvalue weighted by molar-refractivity contribution is -0.133. The monoisotopic (exact) mass is 301 g/mol. The topological polar surface area (TPSA) is 46.2 Å². The van der Waals surface area contributed by atoms with Crippen LogP contribution >= 0.6 is 0 Å². The van der Waals surface area contributed by atoms with Crippen LogP contribution in [0.4, 0.5) is 0 Å². The summed E-state index contributed by atoms with van der Waals surface area (Å²) < 4.78 is 0. The van der Waals surface area contributed by atoms with Crippen LogP contribution in [0.25, 0.3) is 0 Å². The first kappa shape index (κ1) is 15.5. The average molecular weight is 301 g/mol. The van der Waals surface area contributed by atoms with E-state index in [9.17, 15) is 5.11 Å². The number of rotatable bonds is 0. The fourth-order valence-corrected chi connectivity index (χ4v) is 7.49. The van der Waals surface area contributed by atoms with Gasteiger partial charge in [-0.05, 0) is 80.0 Å². The predicted molar refractivity (Wildman–Crippen MR) is 90.7 cm³/mol. The molecule has 3 heteroatoms. The van der Waals surface area contributed by atoms with Crippen molar-refractivity contribution in [3.63, 3.8) is 0 Å². The Balaban J connectivity index is 1.69. The molecular formula is C19H32BNO. The Morgan fingerprint density at radius 3 is 2.36 bits per heavy atom. The molecule has 2 radical (unpaired) electrons. The highest BCUT2D eigenvalue weighted by atomic mass is 16.3. The second-order valence-electron chi connectivity index (χ2n) is 9.62. The van der Waals surface area contributed by atoms with Gasteiger partial charge in [0.2, 0.25) is 0 Å². The van der Waals surface area contributed by atoms with Crippen molar-refractivity contribution in [1.29, 1.82) is 0 Å². The molecular weight excluding hydrogens is 269 g/mol. The van der Waals surface area contributed by atoms with E-state index in [1.54, 1.807) is 0 Å². The summed E-state index contributed by atoms with van der Waals surface area (Å²) in [6, 6.07) is 0. The van der Waals surface area contributed by atoms with Gasteiger partial charge < -0.3 is 10.8 Å². The lowest BCUT2D eigenvalue weighted by Crippen LogP contribution is -2.68. The standard InChI is InChI=1S/C19H32BNO/c1-17-8-6-13(22)11-12(17)5-10-19(21)14-3-4-16(20)18(14,2)9-7-15(17)19/h12-16,22H,3-11,21H2,1-2H3. The summed E-state index contributed by atoms with van der Waals surface area (Å²) in [5.74, 6) is 2.27. The summed E-state index contributed by atoms with van der Waals surface area (Å²) >= 11 is 0. The molecule has 0 aromatic carbocycles. The van der Waals surface area contributed by atoms with Crippen molar-refractivity contribution in [2.45, 2.75) is 89.1 Å². The second-order valence-corrected chi connectivity index (χ2v) is 9.62. The van der Waals surface area contributed by atoms with Crippen molar-refractivity contribution in [3.8, 4) is 0 Å². The number of nitrogens with two attached hydrogens (primary N) is 1. The van der Waals surface area contributed by atoms with Gasteiger partial charge in [0.15, 0.2) is 0 Å². The molecule has 4 aliphatic carbocycles. The van der Waals surface area contributed by atoms with Gasteiger partial charge in [0.1, 0.15) is 0 Å². The van der Waals surface area contributed by atoms with Crippen LogP contribution in [0.1, 0.15) is 71.6 Å². The Hall–Kier alpha value is -0.0151. The van der Waals surface area contributed by atoms with Crippen molar-refractivity contribution >= 4 is 7.85 Å². The minimum Gasteiger partial charge on any atom is -0.393 e. The number of aliphatic hydroxyl groups excluding tert-OH is 1. The van der Waals surface area contributed by atoms with Crippen LogP contribution in [0, 0.1) is 28.6 Å². The molecule has 0 aromatic rings. The Morgan fingerprint density at radius 2 is 1.59 bits per heavy atom. The van der Waals surface area contributed by atoms with Crippen molar-refractivity contribution in [1.82, 2.24) is 0 Å². The number of hydrogen-bond donors (Lipinski definition) is 2. The van der Waals surface area contributed by atoms with E-state index in [1.165, 1.54) is 25.7 Å². The van der Waals surface area contributed by atoms with Crippen molar-refractivity contribution in [3.05, 3.63) is 0 Å². The van der Waals surface area contributed by atoms with Crippen molar-refractivity contribution in [2.75, 3.05) is 0 Å². The minimum absolute atomic E-state index is 0.00530. The molecule has 0 heterocycles. The van der Waals surface area contributed by atoms with E-state index in [1.807, 2.05) is 0 Å². The number of fused-ring (bicyclic) bond motifs is 5. The van der Waals surface area contributed by atoms with Crippen LogP contribution in [0.15, 0.2) is 0 Å². The van der Waals surface area contributed by atoms with Crippen LogP contribution < -0.4 is 5.73 Å². The fourth-order valence-electron chi connectivity index (χ4n) is 7.49. The van der Waals surface area contributed by atoms with E-state index in [2.05, 4.69) is 13.8 Å². The van der Waals surface area contributed by atoms with Gasteiger partial charge in [0.25, 0.3) is 0 Å². The van der Waals surface area contributed by atoms with E-state index < -0.39 is 0 Å². The molecule has 0 aromatic heterocycles. The summed E-state index contributed by atoms with van der Waals surface area (Å²) in [5.41, 5.74) is 7.81. The van der Waals surface area contributed by atoms with Crippen LogP contribution in [0.3, 0.4) is 0 Å². The maximum Gasteiger partial charge on any atom is 0.0707 e. The Morgan fingerprint density at radius 1 is 0.909 bits per heavy atom. The average Bonchev–Trinajstić information content (AvgIpc) is 2.77. The highest BCUT2D eigenvalue weighted by molar-refractivity contribution is 6.12. The first-order valence-corrected chi connectivity index (χ1v) is 9.53. The summed E-state index contributed by atoms with van der Waals surface area (Å²) in [4.78, 5) is 0. The summed E-state index contributed by atoms with van der Waals surface area (Å²) in [6.45, 7) is 4.91. The molecule has 4 rings (SSSR count). The molecule has 3 N–H and O–H groups in total. The smallest absolute Gasteiger partial charge is 0.0707 e. The molecule has 2 nitrogen and oxygen atoms in total. The van der Waals surface area contributed by atoms with Gasteiger partial charge in [-0.15, -0.1) is 0 Å². The van der Waals surface area contributed by atoms with E-state index in [0.29, 0.717) is 29.0 Å². The minimum atomic E-state index is -0.0721. The maximum atomic E-state index is 10.1. The molecule has 8 unspecified atom stereocenters. The van der Waals surface area contributed by atoms with Gasteiger partial charge in [-0.2, -0.15) is 0 Å².